The van der Waals surface area contributed by atoms with Gasteiger partial charge in [-0.3, -0.25) is 4.79 Å². The molecule has 0 radical (unpaired) electrons. The number of rotatable bonds is 6. The van der Waals surface area contributed by atoms with E-state index in [1.807, 2.05) is 6.92 Å². The summed E-state index contributed by atoms with van der Waals surface area (Å²) in [6, 6.07) is 0. The summed E-state index contributed by atoms with van der Waals surface area (Å²) in [6.07, 6.45) is 3.55. The third-order valence-corrected chi connectivity index (χ3v) is 3.43. The first-order chi connectivity index (χ1) is 9.13. The van der Waals surface area contributed by atoms with E-state index in [0.29, 0.717) is 13.0 Å². The Morgan fingerprint density at radius 1 is 1.58 bits per heavy atom. The van der Waals surface area contributed by atoms with Crippen LogP contribution in [0.3, 0.4) is 0 Å². The van der Waals surface area contributed by atoms with Crippen LogP contribution in [-0.4, -0.2) is 47.7 Å². The molecule has 1 heterocycles. The summed E-state index contributed by atoms with van der Waals surface area (Å²) >= 11 is 0. The Kier molecular flexibility index (Phi) is 6.62. The van der Waals surface area contributed by atoms with Gasteiger partial charge in [-0.05, 0) is 25.7 Å². The van der Waals surface area contributed by atoms with Crippen LogP contribution in [0.4, 0.5) is 0 Å². The topological polar surface area (TPSA) is 88.2 Å². The average Bonchev–Trinajstić information content (AvgIpc) is 2.45. The summed E-state index contributed by atoms with van der Waals surface area (Å²) in [5.41, 5.74) is 5.57. The number of nitrogens with two attached hydrogens (primary N) is 1. The van der Waals surface area contributed by atoms with E-state index in [4.69, 9.17) is 15.7 Å². The summed E-state index contributed by atoms with van der Waals surface area (Å²) in [4.78, 5) is 14.1. The quantitative estimate of drug-likeness (QED) is 0.328. The highest BCUT2D eigenvalue weighted by Gasteiger charge is 2.30. The van der Waals surface area contributed by atoms with Gasteiger partial charge in [-0.2, -0.15) is 0 Å². The highest BCUT2D eigenvalue weighted by Crippen LogP contribution is 2.17. The molecule has 1 amide bonds. The number of amidine groups is 1. The number of amides is 1. The monoisotopic (exact) mass is 271 g/mol. The van der Waals surface area contributed by atoms with Crippen molar-refractivity contribution in [1.29, 1.82) is 0 Å². The fourth-order valence-electron chi connectivity index (χ4n) is 2.36. The number of ether oxygens (including phenoxy) is 1. The molecule has 0 aromatic rings. The van der Waals surface area contributed by atoms with Crippen molar-refractivity contribution in [3.63, 3.8) is 0 Å². The van der Waals surface area contributed by atoms with Crippen molar-refractivity contribution in [3.8, 4) is 0 Å². The van der Waals surface area contributed by atoms with Gasteiger partial charge in [0.2, 0.25) is 5.91 Å². The highest BCUT2D eigenvalue weighted by molar-refractivity contribution is 6.02. The van der Waals surface area contributed by atoms with Crippen molar-refractivity contribution in [3.05, 3.63) is 0 Å². The maximum Gasteiger partial charge on any atom is 0.233 e. The van der Waals surface area contributed by atoms with Crippen molar-refractivity contribution in [1.82, 2.24) is 4.90 Å². The normalized spacial score (nSPS) is 22.3. The molecule has 1 saturated heterocycles. The van der Waals surface area contributed by atoms with E-state index in [1.165, 1.54) is 0 Å². The highest BCUT2D eigenvalue weighted by atomic mass is 16.5. The number of carbonyl (C=O) groups is 1. The second kappa shape index (κ2) is 7.99. The number of oxime groups is 1. The van der Waals surface area contributed by atoms with E-state index >= 15 is 0 Å². The van der Waals surface area contributed by atoms with E-state index in [0.717, 1.165) is 32.4 Å². The molecule has 0 spiro atoms. The summed E-state index contributed by atoms with van der Waals surface area (Å²) < 4.78 is 5.71. The molecular weight excluding hydrogens is 246 g/mol. The summed E-state index contributed by atoms with van der Waals surface area (Å²) in [6.45, 7) is 5.98. The Hall–Kier alpha value is -1.30. The largest absolute Gasteiger partial charge is 0.409 e. The lowest BCUT2D eigenvalue weighted by Gasteiger charge is -2.34. The SMILES string of the molecule is CCCOC1CCCN(C(=O)C(CC)C(N)=NO)C1. The van der Waals surface area contributed by atoms with Crippen molar-refractivity contribution < 1.29 is 14.7 Å². The molecule has 0 aromatic heterocycles. The molecule has 0 bridgehead atoms. The predicted octanol–water partition coefficient (Wildman–Crippen LogP) is 1.18. The minimum Gasteiger partial charge on any atom is -0.409 e. The van der Waals surface area contributed by atoms with Gasteiger partial charge in [0.05, 0.1) is 12.0 Å². The van der Waals surface area contributed by atoms with Crippen LogP contribution in [0.25, 0.3) is 0 Å². The van der Waals surface area contributed by atoms with Crippen molar-refractivity contribution in [2.75, 3.05) is 19.7 Å². The zero-order chi connectivity index (χ0) is 14.3. The molecule has 0 saturated carbocycles. The van der Waals surface area contributed by atoms with Crippen molar-refractivity contribution in [2.45, 2.75) is 45.6 Å². The van der Waals surface area contributed by atoms with Gasteiger partial charge in [0.15, 0.2) is 5.84 Å². The van der Waals surface area contributed by atoms with E-state index in [2.05, 4.69) is 12.1 Å². The molecule has 1 fully saturated rings. The van der Waals surface area contributed by atoms with Gasteiger partial charge in [-0.1, -0.05) is 19.0 Å². The number of hydrogen-bond acceptors (Lipinski definition) is 4. The average molecular weight is 271 g/mol. The van der Waals surface area contributed by atoms with E-state index in [9.17, 15) is 4.79 Å². The number of likely N-dealkylation sites (tertiary alicyclic amines) is 1. The van der Waals surface area contributed by atoms with E-state index < -0.39 is 5.92 Å². The molecule has 110 valence electrons. The second-order valence-electron chi connectivity index (χ2n) is 4.90. The molecule has 19 heavy (non-hydrogen) atoms. The number of hydrogen-bond donors (Lipinski definition) is 2. The zero-order valence-electron chi connectivity index (χ0n) is 11.8. The van der Waals surface area contributed by atoms with Crippen LogP contribution in [0.5, 0.6) is 0 Å². The van der Waals surface area contributed by atoms with Gasteiger partial charge in [0.1, 0.15) is 0 Å². The summed E-state index contributed by atoms with van der Waals surface area (Å²) in [5, 5.41) is 11.7. The van der Waals surface area contributed by atoms with Crippen LogP contribution < -0.4 is 5.73 Å². The lowest BCUT2D eigenvalue weighted by molar-refractivity contribution is -0.137. The standard InChI is InChI=1S/C13H25N3O3/c1-3-8-19-10-6-5-7-16(9-10)13(17)11(4-2)12(14)15-18/h10-11,18H,3-9H2,1-2H3,(H2,14,15). The van der Waals surface area contributed by atoms with Crippen LogP contribution in [0.2, 0.25) is 0 Å². The minimum atomic E-state index is -0.532. The van der Waals surface area contributed by atoms with Gasteiger partial charge < -0.3 is 20.6 Å². The Labute approximate surface area is 114 Å². The Bertz CT molecular complexity index is 320. The predicted molar refractivity (Wildman–Crippen MR) is 73.0 cm³/mol. The Morgan fingerprint density at radius 2 is 2.32 bits per heavy atom. The first-order valence-corrected chi connectivity index (χ1v) is 7.01. The second-order valence-corrected chi connectivity index (χ2v) is 4.90. The molecule has 3 N–H and O–H groups in total. The van der Waals surface area contributed by atoms with Crippen LogP contribution in [0.15, 0.2) is 5.16 Å². The van der Waals surface area contributed by atoms with Gasteiger partial charge in [-0.25, -0.2) is 0 Å². The molecule has 1 aliphatic heterocycles. The Balaban J connectivity index is 2.60. The molecule has 2 atom stereocenters. The lowest BCUT2D eigenvalue weighted by Crippen LogP contribution is -2.48. The summed E-state index contributed by atoms with van der Waals surface area (Å²) in [7, 11) is 0. The van der Waals surface area contributed by atoms with Gasteiger partial charge in [0.25, 0.3) is 0 Å². The molecule has 1 rings (SSSR count). The number of carbonyl (C=O) groups excluding carboxylic acids is 1. The molecule has 0 aliphatic carbocycles. The number of nitrogens with zero attached hydrogens (tertiary/aromatic N) is 2. The third-order valence-electron chi connectivity index (χ3n) is 3.43. The van der Waals surface area contributed by atoms with Crippen LogP contribution in [-0.2, 0) is 9.53 Å². The lowest BCUT2D eigenvalue weighted by atomic mass is 10.0. The van der Waals surface area contributed by atoms with E-state index in [1.54, 1.807) is 4.90 Å². The summed E-state index contributed by atoms with van der Waals surface area (Å²) in [5.74, 6) is -0.610. The maximum absolute atomic E-state index is 12.3. The molecule has 2 unspecified atom stereocenters. The van der Waals surface area contributed by atoms with Crippen LogP contribution in [0.1, 0.15) is 39.5 Å². The van der Waals surface area contributed by atoms with Crippen LogP contribution >= 0.6 is 0 Å². The smallest absolute Gasteiger partial charge is 0.233 e. The maximum atomic E-state index is 12.3. The van der Waals surface area contributed by atoms with Crippen molar-refractivity contribution in [2.24, 2.45) is 16.8 Å². The third kappa shape index (κ3) is 4.38. The first-order valence-electron chi connectivity index (χ1n) is 7.01. The molecule has 6 heteroatoms. The molecule has 0 aromatic carbocycles. The first kappa shape index (κ1) is 15.8. The van der Waals surface area contributed by atoms with Gasteiger partial charge in [0, 0.05) is 19.7 Å². The molecular formula is C13H25N3O3. The zero-order valence-corrected chi connectivity index (χ0v) is 11.8. The fourth-order valence-corrected chi connectivity index (χ4v) is 2.36. The van der Waals surface area contributed by atoms with Crippen molar-refractivity contribution >= 4 is 11.7 Å². The van der Waals surface area contributed by atoms with E-state index in [-0.39, 0.29) is 17.8 Å². The fraction of sp³-hybridized carbons (Fsp3) is 0.846. The van der Waals surface area contributed by atoms with Gasteiger partial charge in [-0.15, -0.1) is 0 Å². The molecule has 1 aliphatic rings. The van der Waals surface area contributed by atoms with Gasteiger partial charge >= 0.3 is 0 Å². The molecule has 6 nitrogen and oxygen atoms in total. The Morgan fingerprint density at radius 3 is 2.89 bits per heavy atom. The minimum absolute atomic E-state index is 0.0101. The van der Waals surface area contributed by atoms with Crippen LogP contribution in [0, 0.1) is 5.92 Å². The number of piperidine rings is 1.